The number of piperazine rings is 1. The van der Waals surface area contributed by atoms with Crippen LogP contribution in [0.5, 0.6) is 0 Å². The average molecular weight is 490 g/mol. The monoisotopic (exact) mass is 489 g/mol. The van der Waals surface area contributed by atoms with Crippen molar-refractivity contribution in [3.05, 3.63) is 54.5 Å². The minimum absolute atomic E-state index is 0.118. The minimum atomic E-state index is -3.86. The van der Waals surface area contributed by atoms with Gasteiger partial charge in [-0.2, -0.15) is 4.31 Å². The smallest absolute Gasteiger partial charge is 0.324 e. The molecule has 3 heterocycles. The summed E-state index contributed by atoms with van der Waals surface area (Å²) in [5.74, 6) is -1.09. The highest BCUT2D eigenvalue weighted by Gasteiger charge is 2.39. The van der Waals surface area contributed by atoms with Gasteiger partial charge in [-0.3, -0.25) is 14.4 Å². The molecule has 10 nitrogen and oxygen atoms in total. The maximum atomic E-state index is 13.1. The molecular formula is C23H27N3O7S. The Kier molecular flexibility index (Phi) is 7.32. The van der Waals surface area contributed by atoms with Crippen molar-refractivity contribution >= 4 is 27.8 Å². The molecule has 0 bridgehead atoms. The van der Waals surface area contributed by atoms with Gasteiger partial charge in [0.1, 0.15) is 6.04 Å². The zero-order valence-corrected chi connectivity index (χ0v) is 19.5. The Morgan fingerprint density at radius 1 is 0.912 bits per heavy atom. The summed E-state index contributed by atoms with van der Waals surface area (Å²) in [7, 11) is -3.86. The molecule has 2 aliphatic rings. The highest BCUT2D eigenvalue weighted by molar-refractivity contribution is 7.89. The first-order valence-corrected chi connectivity index (χ1v) is 12.7. The predicted octanol–water partition coefficient (Wildman–Crippen LogP) is 1.35. The summed E-state index contributed by atoms with van der Waals surface area (Å²) < 4.78 is 37.7. The molecule has 0 saturated carbocycles. The third kappa shape index (κ3) is 5.15. The number of hydrogen-bond donors (Lipinski definition) is 0. The Labute approximate surface area is 198 Å². The zero-order chi connectivity index (χ0) is 24.1. The first kappa shape index (κ1) is 24.0. The number of carbonyl (C=O) groups excluding carboxylic acids is 3. The Bertz CT molecular complexity index is 1110. The highest BCUT2D eigenvalue weighted by atomic mass is 32.2. The second kappa shape index (κ2) is 10.4. The molecule has 34 heavy (non-hydrogen) atoms. The summed E-state index contributed by atoms with van der Waals surface area (Å²) in [6.45, 7) is 1.04. The van der Waals surface area contributed by atoms with Crippen LogP contribution in [0.3, 0.4) is 0 Å². The fourth-order valence-electron chi connectivity index (χ4n) is 4.19. The molecule has 0 aliphatic carbocycles. The number of carbonyl (C=O) groups is 3. The Balaban J connectivity index is 1.31. The molecule has 1 aromatic carbocycles. The molecule has 2 aromatic rings. The second-order valence-corrected chi connectivity index (χ2v) is 10.1. The molecule has 2 aliphatic heterocycles. The molecule has 0 spiro atoms. The summed E-state index contributed by atoms with van der Waals surface area (Å²) in [6, 6.07) is 10.2. The van der Waals surface area contributed by atoms with E-state index in [9.17, 15) is 22.8 Å². The van der Waals surface area contributed by atoms with Gasteiger partial charge >= 0.3 is 5.97 Å². The fourth-order valence-corrected chi connectivity index (χ4v) is 5.86. The predicted molar refractivity (Wildman–Crippen MR) is 120 cm³/mol. The zero-order valence-electron chi connectivity index (χ0n) is 18.7. The quantitative estimate of drug-likeness (QED) is 0.562. The topological polar surface area (TPSA) is 117 Å². The number of esters is 1. The molecule has 1 aromatic heterocycles. The van der Waals surface area contributed by atoms with Gasteiger partial charge in [-0.1, -0.05) is 18.2 Å². The van der Waals surface area contributed by atoms with Crippen LogP contribution in [-0.4, -0.2) is 85.7 Å². The number of ether oxygens (including phenoxy) is 1. The normalized spacial score (nSPS) is 19.6. The molecule has 1 atom stereocenters. The number of amides is 2. The third-order valence-corrected chi connectivity index (χ3v) is 7.99. The lowest BCUT2D eigenvalue weighted by Crippen LogP contribution is -2.52. The number of rotatable bonds is 6. The van der Waals surface area contributed by atoms with Crippen molar-refractivity contribution in [1.29, 1.82) is 0 Å². The van der Waals surface area contributed by atoms with Crippen LogP contribution in [0.4, 0.5) is 0 Å². The SMILES string of the molecule is O=C(OCC(=O)N1CCN(C(=O)c2ccco2)CC1)C1CCCCN1S(=O)(=O)c1ccccc1. The van der Waals surface area contributed by atoms with Crippen LogP contribution in [0.1, 0.15) is 29.8 Å². The molecule has 2 fully saturated rings. The van der Waals surface area contributed by atoms with Gasteiger partial charge < -0.3 is 19.0 Å². The lowest BCUT2D eigenvalue weighted by atomic mass is 10.1. The van der Waals surface area contributed by atoms with Crippen molar-refractivity contribution < 1.29 is 32.0 Å². The largest absolute Gasteiger partial charge is 0.459 e. The lowest BCUT2D eigenvalue weighted by Gasteiger charge is -2.35. The summed E-state index contributed by atoms with van der Waals surface area (Å²) in [6.07, 6.45) is 3.11. The maximum Gasteiger partial charge on any atom is 0.324 e. The van der Waals surface area contributed by atoms with E-state index in [1.807, 2.05) is 0 Å². The number of sulfonamides is 1. The number of benzene rings is 1. The number of piperidine rings is 1. The summed E-state index contributed by atoms with van der Waals surface area (Å²) in [5, 5.41) is 0. The van der Waals surface area contributed by atoms with Crippen LogP contribution in [-0.2, 0) is 24.3 Å². The Morgan fingerprint density at radius 2 is 1.62 bits per heavy atom. The number of hydrogen-bond acceptors (Lipinski definition) is 7. The number of nitrogens with zero attached hydrogens (tertiary/aromatic N) is 3. The highest BCUT2D eigenvalue weighted by Crippen LogP contribution is 2.26. The Hall–Kier alpha value is -3.18. The first-order chi connectivity index (χ1) is 16.4. The number of furan rings is 1. The molecule has 2 amide bonds. The minimum Gasteiger partial charge on any atom is -0.459 e. The van der Waals surface area contributed by atoms with Gasteiger partial charge in [0.15, 0.2) is 12.4 Å². The van der Waals surface area contributed by atoms with Crippen molar-refractivity contribution in [2.24, 2.45) is 0 Å². The molecule has 2 saturated heterocycles. The van der Waals surface area contributed by atoms with Gasteiger partial charge in [0.05, 0.1) is 11.2 Å². The summed E-state index contributed by atoms with van der Waals surface area (Å²) >= 11 is 0. The molecule has 11 heteroatoms. The van der Waals surface area contributed by atoms with E-state index in [2.05, 4.69) is 0 Å². The van der Waals surface area contributed by atoms with E-state index < -0.39 is 28.6 Å². The van der Waals surface area contributed by atoms with Crippen molar-refractivity contribution in [3.63, 3.8) is 0 Å². The summed E-state index contributed by atoms with van der Waals surface area (Å²) in [5.41, 5.74) is 0. The molecular weight excluding hydrogens is 462 g/mol. The van der Waals surface area contributed by atoms with Gasteiger partial charge in [0.25, 0.3) is 11.8 Å². The molecule has 4 rings (SSSR count). The van der Waals surface area contributed by atoms with E-state index in [0.29, 0.717) is 45.4 Å². The van der Waals surface area contributed by atoms with Crippen molar-refractivity contribution in [2.75, 3.05) is 39.3 Å². The average Bonchev–Trinajstić information content (AvgIpc) is 3.42. The van der Waals surface area contributed by atoms with Crippen LogP contribution >= 0.6 is 0 Å². The van der Waals surface area contributed by atoms with E-state index in [1.165, 1.54) is 27.6 Å². The van der Waals surface area contributed by atoms with E-state index in [-0.39, 0.29) is 29.0 Å². The van der Waals surface area contributed by atoms with E-state index in [4.69, 9.17) is 9.15 Å². The van der Waals surface area contributed by atoms with Gasteiger partial charge in [0, 0.05) is 32.7 Å². The van der Waals surface area contributed by atoms with Crippen LogP contribution in [0.15, 0.2) is 58.0 Å². The standard InChI is InChI=1S/C23H27N3O7S/c27-21(24-12-14-25(15-13-24)22(28)20-10-6-16-32-20)17-33-23(29)19-9-4-5-11-26(19)34(30,31)18-7-2-1-3-8-18/h1-3,6-8,10,16,19H,4-5,9,11-15,17H2. The molecule has 0 radical (unpaired) electrons. The lowest BCUT2D eigenvalue weighted by molar-refractivity contribution is -0.156. The second-order valence-electron chi connectivity index (χ2n) is 8.20. The van der Waals surface area contributed by atoms with Gasteiger partial charge in [-0.05, 0) is 43.5 Å². The fraction of sp³-hybridized carbons (Fsp3) is 0.435. The first-order valence-electron chi connectivity index (χ1n) is 11.2. The molecule has 182 valence electrons. The third-order valence-electron chi connectivity index (χ3n) is 6.07. The molecule has 0 N–H and O–H groups in total. The van der Waals surface area contributed by atoms with E-state index in [1.54, 1.807) is 35.2 Å². The van der Waals surface area contributed by atoms with Crippen LogP contribution in [0.25, 0.3) is 0 Å². The molecule has 1 unspecified atom stereocenters. The Morgan fingerprint density at radius 3 is 2.29 bits per heavy atom. The van der Waals surface area contributed by atoms with Crippen molar-refractivity contribution in [1.82, 2.24) is 14.1 Å². The van der Waals surface area contributed by atoms with E-state index >= 15 is 0 Å². The summed E-state index contributed by atoms with van der Waals surface area (Å²) in [4.78, 5) is 41.0. The van der Waals surface area contributed by atoms with Crippen molar-refractivity contribution in [3.8, 4) is 0 Å². The van der Waals surface area contributed by atoms with Crippen LogP contribution in [0.2, 0.25) is 0 Å². The van der Waals surface area contributed by atoms with Gasteiger partial charge in [0.2, 0.25) is 10.0 Å². The van der Waals surface area contributed by atoms with Gasteiger partial charge in [-0.25, -0.2) is 8.42 Å². The van der Waals surface area contributed by atoms with Crippen LogP contribution < -0.4 is 0 Å². The van der Waals surface area contributed by atoms with Gasteiger partial charge in [-0.15, -0.1) is 0 Å². The maximum absolute atomic E-state index is 13.1. The van der Waals surface area contributed by atoms with Crippen LogP contribution in [0, 0.1) is 0 Å². The van der Waals surface area contributed by atoms with E-state index in [0.717, 1.165) is 0 Å². The van der Waals surface area contributed by atoms with Crippen molar-refractivity contribution in [2.45, 2.75) is 30.2 Å².